The first-order valence-corrected chi connectivity index (χ1v) is 8.55. The molecule has 2 heterocycles. The van der Waals surface area contributed by atoms with Crippen LogP contribution in [0.1, 0.15) is 10.4 Å². The molecule has 5 nitrogen and oxygen atoms in total. The average Bonchev–Trinajstić information content (AvgIpc) is 3.26. The molecule has 7 heteroatoms. The van der Waals surface area contributed by atoms with Crippen molar-refractivity contribution in [1.82, 2.24) is 4.98 Å². The van der Waals surface area contributed by atoms with Crippen molar-refractivity contribution in [2.75, 3.05) is 19.5 Å². The number of ether oxygens (including phenoxy) is 2. The fourth-order valence-corrected chi connectivity index (χ4v) is 3.37. The van der Waals surface area contributed by atoms with Crippen molar-refractivity contribution in [3.63, 3.8) is 0 Å². The third-order valence-electron chi connectivity index (χ3n) is 3.19. The Morgan fingerprint density at radius 1 is 1.17 bits per heavy atom. The van der Waals surface area contributed by atoms with Crippen LogP contribution in [0.4, 0.5) is 5.13 Å². The minimum absolute atomic E-state index is 0.162. The number of amides is 1. The van der Waals surface area contributed by atoms with Crippen LogP contribution in [0.25, 0.3) is 11.3 Å². The van der Waals surface area contributed by atoms with Crippen LogP contribution < -0.4 is 14.8 Å². The normalized spacial score (nSPS) is 10.3. The first-order valence-electron chi connectivity index (χ1n) is 6.72. The Bertz CT molecular complexity index is 813. The molecular formula is C16H14N2O3S2. The molecule has 0 bridgehead atoms. The van der Waals surface area contributed by atoms with Gasteiger partial charge in [-0.1, -0.05) is 0 Å². The molecule has 0 aliphatic rings. The van der Waals surface area contributed by atoms with E-state index in [0.29, 0.717) is 16.4 Å². The van der Waals surface area contributed by atoms with Gasteiger partial charge in [0.25, 0.3) is 5.91 Å². The molecule has 0 unspecified atom stereocenters. The van der Waals surface area contributed by atoms with Gasteiger partial charge >= 0.3 is 0 Å². The average molecular weight is 346 g/mol. The minimum Gasteiger partial charge on any atom is -0.497 e. The predicted molar refractivity (Wildman–Crippen MR) is 92.9 cm³/mol. The third kappa shape index (κ3) is 3.35. The largest absolute Gasteiger partial charge is 0.497 e. The quantitative estimate of drug-likeness (QED) is 0.754. The second-order valence-electron chi connectivity index (χ2n) is 4.57. The third-order valence-corrected chi connectivity index (χ3v) is 4.63. The van der Waals surface area contributed by atoms with Crippen LogP contribution >= 0.6 is 22.7 Å². The summed E-state index contributed by atoms with van der Waals surface area (Å²) in [6.07, 6.45) is 0. The van der Waals surface area contributed by atoms with Gasteiger partial charge in [0, 0.05) is 16.3 Å². The maximum Gasteiger partial charge on any atom is 0.258 e. The maximum absolute atomic E-state index is 12.1. The number of methoxy groups -OCH3 is 2. The summed E-state index contributed by atoms with van der Waals surface area (Å²) in [6, 6.07) is 7.29. The van der Waals surface area contributed by atoms with E-state index in [9.17, 15) is 4.79 Å². The Hall–Kier alpha value is -2.38. The summed E-state index contributed by atoms with van der Waals surface area (Å²) < 4.78 is 10.6. The van der Waals surface area contributed by atoms with E-state index >= 15 is 0 Å². The molecule has 118 valence electrons. The molecule has 0 aliphatic heterocycles. The van der Waals surface area contributed by atoms with Gasteiger partial charge < -0.3 is 9.47 Å². The van der Waals surface area contributed by atoms with Crippen molar-refractivity contribution < 1.29 is 14.3 Å². The van der Waals surface area contributed by atoms with Gasteiger partial charge in [-0.15, -0.1) is 11.3 Å². The van der Waals surface area contributed by atoms with Crippen LogP contribution in [-0.2, 0) is 0 Å². The van der Waals surface area contributed by atoms with E-state index in [1.54, 1.807) is 25.7 Å². The lowest BCUT2D eigenvalue weighted by molar-refractivity contribution is 0.102. The van der Waals surface area contributed by atoms with Gasteiger partial charge in [-0.25, -0.2) is 4.98 Å². The number of nitrogens with one attached hydrogen (secondary N) is 1. The van der Waals surface area contributed by atoms with Crippen LogP contribution in [0.5, 0.6) is 11.5 Å². The number of thiophene rings is 1. The number of hydrogen-bond donors (Lipinski definition) is 1. The topological polar surface area (TPSA) is 60.5 Å². The number of rotatable bonds is 5. The van der Waals surface area contributed by atoms with Crippen LogP contribution in [0.3, 0.4) is 0 Å². The summed E-state index contributed by atoms with van der Waals surface area (Å²) in [4.78, 5) is 16.5. The number of nitrogens with zero attached hydrogens (tertiary/aromatic N) is 1. The molecule has 0 aliphatic carbocycles. The van der Waals surface area contributed by atoms with Crippen molar-refractivity contribution in [3.05, 3.63) is 46.0 Å². The number of benzene rings is 1. The first kappa shape index (κ1) is 15.5. The fraction of sp³-hybridized carbons (Fsp3) is 0.125. The van der Waals surface area contributed by atoms with E-state index in [0.717, 1.165) is 17.0 Å². The predicted octanol–water partition coefficient (Wildman–Crippen LogP) is 4.14. The molecule has 0 atom stereocenters. The molecule has 0 fully saturated rings. The van der Waals surface area contributed by atoms with Gasteiger partial charge in [0.1, 0.15) is 11.5 Å². The molecule has 0 saturated heterocycles. The van der Waals surface area contributed by atoms with E-state index in [1.165, 1.54) is 22.7 Å². The molecule has 3 aromatic rings. The summed E-state index contributed by atoms with van der Waals surface area (Å²) >= 11 is 2.85. The van der Waals surface area contributed by atoms with Crippen LogP contribution in [0, 0.1) is 0 Å². The summed E-state index contributed by atoms with van der Waals surface area (Å²) in [6.45, 7) is 0. The zero-order chi connectivity index (χ0) is 16.2. The summed E-state index contributed by atoms with van der Waals surface area (Å²) in [7, 11) is 3.22. The SMILES string of the molecule is COc1ccc(OC)c(-c2csc(NC(=O)c3ccsc3)n2)c1. The van der Waals surface area contributed by atoms with Gasteiger partial charge in [-0.2, -0.15) is 11.3 Å². The Balaban J connectivity index is 1.86. The molecule has 1 N–H and O–H groups in total. The van der Waals surface area contributed by atoms with Crippen molar-refractivity contribution in [3.8, 4) is 22.8 Å². The lowest BCUT2D eigenvalue weighted by atomic mass is 10.1. The molecule has 0 radical (unpaired) electrons. The number of anilines is 1. The van der Waals surface area contributed by atoms with Gasteiger partial charge in [-0.05, 0) is 29.6 Å². The van der Waals surface area contributed by atoms with Gasteiger partial charge in [-0.3, -0.25) is 10.1 Å². The van der Waals surface area contributed by atoms with Crippen LogP contribution in [-0.4, -0.2) is 25.1 Å². The molecular weight excluding hydrogens is 332 g/mol. The first-order chi connectivity index (χ1) is 11.2. The van der Waals surface area contributed by atoms with Gasteiger partial charge in [0.05, 0.1) is 25.5 Å². The zero-order valence-corrected chi connectivity index (χ0v) is 14.2. The number of carbonyl (C=O) groups excluding carboxylic acids is 1. The maximum atomic E-state index is 12.1. The Kier molecular flexibility index (Phi) is 4.59. The van der Waals surface area contributed by atoms with Gasteiger partial charge in [0.2, 0.25) is 0 Å². The highest BCUT2D eigenvalue weighted by Gasteiger charge is 2.13. The Morgan fingerprint density at radius 2 is 2.04 bits per heavy atom. The molecule has 3 rings (SSSR count). The van der Waals surface area contributed by atoms with Crippen LogP contribution in [0.15, 0.2) is 40.4 Å². The van der Waals surface area contributed by atoms with Crippen molar-refractivity contribution in [1.29, 1.82) is 0 Å². The molecule has 23 heavy (non-hydrogen) atoms. The number of aromatic nitrogens is 1. The number of carbonyl (C=O) groups is 1. The number of hydrogen-bond acceptors (Lipinski definition) is 6. The second kappa shape index (κ2) is 6.80. The summed E-state index contributed by atoms with van der Waals surface area (Å²) in [5.41, 5.74) is 2.18. The Labute approximate surface area is 141 Å². The van der Waals surface area contributed by atoms with Crippen molar-refractivity contribution >= 4 is 33.7 Å². The minimum atomic E-state index is -0.162. The van der Waals surface area contributed by atoms with E-state index in [-0.39, 0.29) is 5.91 Å². The molecule has 0 saturated carbocycles. The van der Waals surface area contributed by atoms with E-state index in [1.807, 2.05) is 29.0 Å². The molecule has 1 amide bonds. The van der Waals surface area contributed by atoms with Gasteiger partial charge in [0.15, 0.2) is 5.13 Å². The smallest absolute Gasteiger partial charge is 0.258 e. The highest BCUT2D eigenvalue weighted by atomic mass is 32.1. The summed E-state index contributed by atoms with van der Waals surface area (Å²) in [5, 5.41) is 8.89. The van der Waals surface area contributed by atoms with Crippen LogP contribution in [0.2, 0.25) is 0 Å². The highest BCUT2D eigenvalue weighted by molar-refractivity contribution is 7.14. The van der Waals surface area contributed by atoms with E-state index in [4.69, 9.17) is 9.47 Å². The van der Waals surface area contributed by atoms with E-state index < -0.39 is 0 Å². The molecule has 0 spiro atoms. The lowest BCUT2D eigenvalue weighted by Crippen LogP contribution is -2.10. The van der Waals surface area contributed by atoms with Crippen molar-refractivity contribution in [2.45, 2.75) is 0 Å². The highest BCUT2D eigenvalue weighted by Crippen LogP contribution is 2.35. The molecule has 1 aromatic carbocycles. The standard InChI is InChI=1S/C16H14N2O3S2/c1-20-11-3-4-14(21-2)12(7-11)13-9-23-16(17-13)18-15(19)10-5-6-22-8-10/h3-9H,1-2H3,(H,17,18,19). The fourth-order valence-electron chi connectivity index (χ4n) is 2.03. The number of thiazole rings is 1. The second-order valence-corrected chi connectivity index (χ2v) is 6.21. The van der Waals surface area contributed by atoms with Crippen molar-refractivity contribution in [2.24, 2.45) is 0 Å². The monoisotopic (exact) mass is 346 g/mol. The lowest BCUT2D eigenvalue weighted by Gasteiger charge is -2.08. The Morgan fingerprint density at radius 3 is 2.74 bits per heavy atom. The van der Waals surface area contributed by atoms with E-state index in [2.05, 4.69) is 10.3 Å². The zero-order valence-electron chi connectivity index (χ0n) is 12.5. The summed E-state index contributed by atoms with van der Waals surface area (Å²) in [5.74, 6) is 1.26. The molecule has 2 aromatic heterocycles.